The minimum atomic E-state index is -0.109. The van der Waals surface area contributed by atoms with Crippen molar-refractivity contribution in [1.29, 1.82) is 0 Å². The Morgan fingerprint density at radius 3 is 2.48 bits per heavy atom. The van der Waals surface area contributed by atoms with E-state index < -0.39 is 0 Å². The van der Waals surface area contributed by atoms with Gasteiger partial charge in [0, 0.05) is 51.9 Å². The van der Waals surface area contributed by atoms with Gasteiger partial charge in [0.15, 0.2) is 0 Å². The molecule has 2 saturated heterocycles. The zero-order chi connectivity index (χ0) is 21.2. The number of carbonyl (C=O) groups excluding carboxylic acids is 1. The minimum absolute atomic E-state index is 0.109. The number of hydrogen-bond donors (Lipinski definition) is 1. The number of carbonyl (C=O) groups is 1. The molecule has 0 aliphatic carbocycles. The SMILES string of the molecule is CN1CCN(C2CN(c3nc4ccccc4n3C(=O)NCCc3ccccc3)C2)CC1. The molecule has 1 aromatic heterocycles. The van der Waals surface area contributed by atoms with Crippen molar-refractivity contribution in [1.82, 2.24) is 24.7 Å². The molecule has 1 amide bonds. The topological polar surface area (TPSA) is 56.6 Å². The number of nitrogens with one attached hydrogen (secondary N) is 1. The summed E-state index contributed by atoms with van der Waals surface area (Å²) in [7, 11) is 2.18. The second kappa shape index (κ2) is 8.69. The third kappa shape index (κ3) is 4.16. The number of rotatable bonds is 5. The maximum absolute atomic E-state index is 13.2. The van der Waals surface area contributed by atoms with Gasteiger partial charge >= 0.3 is 6.03 Å². The lowest BCUT2D eigenvalue weighted by Gasteiger charge is -2.48. The van der Waals surface area contributed by atoms with Crippen LogP contribution < -0.4 is 10.2 Å². The highest BCUT2D eigenvalue weighted by molar-refractivity contribution is 5.93. The monoisotopic (exact) mass is 418 g/mol. The second-order valence-electron chi connectivity index (χ2n) is 8.60. The predicted octanol–water partition coefficient (Wildman–Crippen LogP) is 2.27. The lowest BCUT2D eigenvalue weighted by molar-refractivity contribution is 0.0956. The minimum Gasteiger partial charge on any atom is -0.339 e. The van der Waals surface area contributed by atoms with E-state index in [1.54, 1.807) is 4.57 Å². The summed E-state index contributed by atoms with van der Waals surface area (Å²) in [5, 5.41) is 3.09. The van der Waals surface area contributed by atoms with Crippen molar-refractivity contribution < 1.29 is 4.79 Å². The van der Waals surface area contributed by atoms with Gasteiger partial charge in [0.1, 0.15) is 0 Å². The van der Waals surface area contributed by atoms with Gasteiger partial charge in [0.2, 0.25) is 5.95 Å². The highest BCUT2D eigenvalue weighted by Crippen LogP contribution is 2.28. The van der Waals surface area contributed by atoms with Crippen molar-refractivity contribution in [3.63, 3.8) is 0 Å². The van der Waals surface area contributed by atoms with Crippen LogP contribution in [0.15, 0.2) is 54.6 Å². The normalized spacial score (nSPS) is 18.3. The zero-order valence-electron chi connectivity index (χ0n) is 18.1. The first kappa shape index (κ1) is 20.0. The zero-order valence-corrected chi connectivity index (χ0v) is 18.1. The van der Waals surface area contributed by atoms with Gasteiger partial charge in [-0.15, -0.1) is 0 Å². The number of piperazine rings is 1. The van der Waals surface area contributed by atoms with E-state index in [4.69, 9.17) is 4.98 Å². The Hall–Kier alpha value is -2.90. The lowest BCUT2D eigenvalue weighted by atomic mass is 10.1. The molecule has 0 bridgehead atoms. The Bertz CT molecular complexity index is 1030. The number of para-hydroxylation sites is 2. The van der Waals surface area contributed by atoms with Gasteiger partial charge in [-0.05, 0) is 31.2 Å². The van der Waals surface area contributed by atoms with E-state index in [0.717, 1.165) is 62.7 Å². The van der Waals surface area contributed by atoms with E-state index in [2.05, 4.69) is 39.2 Å². The molecule has 2 aliphatic rings. The summed E-state index contributed by atoms with van der Waals surface area (Å²) in [4.78, 5) is 25.2. The predicted molar refractivity (Wildman–Crippen MR) is 124 cm³/mol. The Labute approximate surface area is 183 Å². The first-order valence-electron chi connectivity index (χ1n) is 11.2. The van der Waals surface area contributed by atoms with Crippen LogP contribution >= 0.6 is 0 Å². The molecule has 7 nitrogen and oxygen atoms in total. The Morgan fingerprint density at radius 1 is 1.00 bits per heavy atom. The number of likely N-dealkylation sites (N-methyl/N-ethyl adjacent to an activating group) is 1. The summed E-state index contributed by atoms with van der Waals surface area (Å²) < 4.78 is 1.75. The van der Waals surface area contributed by atoms with E-state index in [1.165, 1.54) is 5.56 Å². The van der Waals surface area contributed by atoms with Crippen LogP contribution in [-0.4, -0.2) is 84.3 Å². The van der Waals surface area contributed by atoms with Gasteiger partial charge in [-0.3, -0.25) is 4.90 Å². The lowest BCUT2D eigenvalue weighted by Crippen LogP contribution is -2.63. The molecule has 2 aliphatic heterocycles. The molecule has 31 heavy (non-hydrogen) atoms. The van der Waals surface area contributed by atoms with Crippen molar-refractivity contribution >= 4 is 23.0 Å². The summed E-state index contributed by atoms with van der Waals surface area (Å²) in [5.41, 5.74) is 2.94. The molecule has 5 rings (SSSR count). The number of benzene rings is 2. The Balaban J connectivity index is 1.29. The molecule has 2 fully saturated rings. The third-order valence-corrected chi connectivity index (χ3v) is 6.48. The summed E-state index contributed by atoms with van der Waals surface area (Å²) >= 11 is 0. The number of aromatic nitrogens is 2. The van der Waals surface area contributed by atoms with Crippen LogP contribution in [0.2, 0.25) is 0 Å². The number of nitrogens with zero attached hydrogens (tertiary/aromatic N) is 5. The highest BCUT2D eigenvalue weighted by Gasteiger charge is 2.36. The van der Waals surface area contributed by atoms with E-state index in [9.17, 15) is 4.79 Å². The van der Waals surface area contributed by atoms with Crippen molar-refractivity contribution in [3.05, 3.63) is 60.2 Å². The fourth-order valence-corrected chi connectivity index (χ4v) is 4.50. The molecule has 162 valence electrons. The van der Waals surface area contributed by atoms with Crippen LogP contribution in [0.4, 0.5) is 10.7 Å². The summed E-state index contributed by atoms with van der Waals surface area (Å²) in [5.74, 6) is 0.754. The van der Waals surface area contributed by atoms with Crippen molar-refractivity contribution in [2.45, 2.75) is 12.5 Å². The molecule has 1 N–H and O–H groups in total. The molecule has 0 spiro atoms. The van der Waals surface area contributed by atoms with Gasteiger partial charge in [-0.2, -0.15) is 0 Å². The van der Waals surface area contributed by atoms with E-state index >= 15 is 0 Å². The van der Waals surface area contributed by atoms with Crippen molar-refractivity contribution in [2.75, 3.05) is 57.8 Å². The molecule has 2 aromatic carbocycles. The molecule has 0 saturated carbocycles. The van der Waals surface area contributed by atoms with E-state index in [1.807, 2.05) is 42.5 Å². The van der Waals surface area contributed by atoms with Gasteiger partial charge in [0.05, 0.1) is 11.0 Å². The number of imidazole rings is 1. The largest absolute Gasteiger partial charge is 0.339 e. The van der Waals surface area contributed by atoms with E-state index in [0.29, 0.717) is 12.6 Å². The summed E-state index contributed by atoms with van der Waals surface area (Å²) in [6.07, 6.45) is 0.809. The van der Waals surface area contributed by atoms with Gasteiger partial charge in [-0.25, -0.2) is 14.3 Å². The first-order chi connectivity index (χ1) is 15.2. The first-order valence-corrected chi connectivity index (χ1v) is 11.2. The molecular formula is C24H30N6O. The molecule has 3 heterocycles. The maximum atomic E-state index is 13.2. The number of anilines is 1. The van der Waals surface area contributed by atoms with Crippen LogP contribution in [0, 0.1) is 0 Å². The Kier molecular flexibility index (Phi) is 5.61. The van der Waals surface area contributed by atoms with Gasteiger partial charge in [0.25, 0.3) is 0 Å². The molecule has 7 heteroatoms. The highest BCUT2D eigenvalue weighted by atomic mass is 16.2. The standard InChI is InChI=1S/C24H30N6O/c1-27-13-15-28(16-14-27)20-17-29(18-20)23-26-21-9-5-6-10-22(21)30(23)24(31)25-12-11-19-7-3-2-4-8-19/h2-10,20H,11-18H2,1H3,(H,25,31). The second-order valence-corrected chi connectivity index (χ2v) is 8.60. The molecule has 3 aromatic rings. The number of fused-ring (bicyclic) bond motifs is 1. The van der Waals surface area contributed by atoms with Crippen LogP contribution in [0.5, 0.6) is 0 Å². The van der Waals surface area contributed by atoms with Crippen molar-refractivity contribution in [3.8, 4) is 0 Å². The fraction of sp³-hybridized carbons (Fsp3) is 0.417. The third-order valence-electron chi connectivity index (χ3n) is 6.48. The average Bonchev–Trinajstić information content (AvgIpc) is 3.14. The Morgan fingerprint density at radius 2 is 1.71 bits per heavy atom. The number of hydrogen-bond acceptors (Lipinski definition) is 5. The van der Waals surface area contributed by atoms with Gasteiger partial charge in [-0.1, -0.05) is 42.5 Å². The van der Waals surface area contributed by atoms with Crippen LogP contribution in [0.1, 0.15) is 5.56 Å². The average molecular weight is 419 g/mol. The van der Waals surface area contributed by atoms with Gasteiger partial charge < -0.3 is 15.1 Å². The van der Waals surface area contributed by atoms with E-state index in [-0.39, 0.29) is 6.03 Å². The maximum Gasteiger partial charge on any atom is 0.328 e. The smallest absolute Gasteiger partial charge is 0.328 e. The molecular weight excluding hydrogens is 388 g/mol. The quantitative estimate of drug-likeness (QED) is 0.689. The van der Waals surface area contributed by atoms with Crippen molar-refractivity contribution in [2.24, 2.45) is 0 Å². The molecule has 0 unspecified atom stereocenters. The van der Waals surface area contributed by atoms with Crippen LogP contribution in [-0.2, 0) is 6.42 Å². The fourth-order valence-electron chi connectivity index (χ4n) is 4.50. The van der Waals surface area contributed by atoms with Crippen LogP contribution in [0.3, 0.4) is 0 Å². The molecule has 0 radical (unpaired) electrons. The number of amides is 1. The summed E-state index contributed by atoms with van der Waals surface area (Å²) in [6.45, 7) is 6.92. The molecule has 0 atom stereocenters. The summed E-state index contributed by atoms with van der Waals surface area (Å²) in [6, 6.07) is 18.6. The van der Waals surface area contributed by atoms with Crippen LogP contribution in [0.25, 0.3) is 11.0 Å².